The molecule has 2 rings (SSSR count). The molecule has 0 saturated heterocycles. The molecule has 0 aliphatic heterocycles. The number of nitrogens with one attached hydrogen (secondary N) is 1. The predicted octanol–water partition coefficient (Wildman–Crippen LogP) is 3.40. The lowest BCUT2D eigenvalue weighted by Crippen LogP contribution is -2.33. The summed E-state index contributed by atoms with van der Waals surface area (Å²) >= 11 is 4.02. The number of carbonyl (C=O) groups excluding carboxylic acids is 1. The molecule has 1 fully saturated rings. The highest BCUT2D eigenvalue weighted by molar-refractivity contribution is 14.1. The van der Waals surface area contributed by atoms with E-state index < -0.39 is 0 Å². The van der Waals surface area contributed by atoms with Gasteiger partial charge in [0, 0.05) is 16.9 Å². The number of thioether (sulfide) groups is 1. The SMILES string of the molecule is CCSC1CCC(NC(=O)c2ccc(I)c(O)c2)C1. The Balaban J connectivity index is 1.92. The number of hydrogen-bond acceptors (Lipinski definition) is 3. The van der Waals surface area contributed by atoms with E-state index in [2.05, 4.69) is 12.2 Å². The van der Waals surface area contributed by atoms with Gasteiger partial charge >= 0.3 is 0 Å². The first-order valence-electron chi connectivity index (χ1n) is 6.51. The van der Waals surface area contributed by atoms with E-state index in [-0.39, 0.29) is 17.7 Å². The minimum Gasteiger partial charge on any atom is -0.507 e. The van der Waals surface area contributed by atoms with Crippen molar-refractivity contribution in [1.29, 1.82) is 0 Å². The van der Waals surface area contributed by atoms with E-state index in [1.165, 1.54) is 12.5 Å². The second-order valence-corrected chi connectivity index (χ2v) is 7.47. The Labute approximate surface area is 131 Å². The minimum absolute atomic E-state index is 0.0844. The van der Waals surface area contributed by atoms with Crippen molar-refractivity contribution >= 4 is 40.3 Å². The summed E-state index contributed by atoms with van der Waals surface area (Å²) in [5.41, 5.74) is 0.532. The molecule has 0 bridgehead atoms. The van der Waals surface area contributed by atoms with E-state index in [4.69, 9.17) is 0 Å². The molecule has 1 amide bonds. The van der Waals surface area contributed by atoms with Crippen LogP contribution in [-0.4, -0.2) is 28.1 Å². The van der Waals surface area contributed by atoms with Crippen LogP contribution in [0.15, 0.2) is 18.2 Å². The van der Waals surface area contributed by atoms with E-state index in [0.717, 1.165) is 22.2 Å². The smallest absolute Gasteiger partial charge is 0.251 e. The second-order valence-electron chi connectivity index (χ2n) is 4.73. The topological polar surface area (TPSA) is 49.3 Å². The highest BCUT2D eigenvalue weighted by Crippen LogP contribution is 2.30. The maximum absolute atomic E-state index is 12.1. The standard InChI is InChI=1S/C14H18INO2S/c1-2-19-11-5-4-10(8-11)16-14(18)9-3-6-12(15)13(17)7-9/h3,6-7,10-11,17H,2,4-5,8H2,1H3,(H,16,18). The molecule has 1 saturated carbocycles. The maximum Gasteiger partial charge on any atom is 0.251 e. The average Bonchev–Trinajstić information content (AvgIpc) is 2.80. The molecular weight excluding hydrogens is 373 g/mol. The van der Waals surface area contributed by atoms with Crippen LogP contribution in [0.2, 0.25) is 0 Å². The van der Waals surface area contributed by atoms with Crippen molar-refractivity contribution < 1.29 is 9.90 Å². The van der Waals surface area contributed by atoms with Gasteiger partial charge in [-0.1, -0.05) is 6.92 Å². The van der Waals surface area contributed by atoms with Crippen LogP contribution in [0.25, 0.3) is 0 Å². The zero-order valence-electron chi connectivity index (χ0n) is 10.9. The first-order valence-corrected chi connectivity index (χ1v) is 8.64. The lowest BCUT2D eigenvalue weighted by atomic mass is 10.1. The van der Waals surface area contributed by atoms with Gasteiger partial charge in [0.25, 0.3) is 5.91 Å². The van der Waals surface area contributed by atoms with Crippen molar-refractivity contribution in [3.05, 3.63) is 27.3 Å². The molecule has 5 heteroatoms. The van der Waals surface area contributed by atoms with E-state index in [9.17, 15) is 9.90 Å². The van der Waals surface area contributed by atoms with Crippen LogP contribution in [0.3, 0.4) is 0 Å². The second kappa shape index (κ2) is 6.83. The normalized spacial score (nSPS) is 22.4. The van der Waals surface area contributed by atoms with Crippen molar-refractivity contribution in [3.8, 4) is 5.75 Å². The van der Waals surface area contributed by atoms with Crippen molar-refractivity contribution in [1.82, 2.24) is 5.32 Å². The number of halogens is 1. The first kappa shape index (κ1) is 15.0. The molecule has 1 aliphatic carbocycles. The summed E-state index contributed by atoms with van der Waals surface area (Å²) in [6.45, 7) is 2.17. The Bertz CT molecular complexity index is 467. The monoisotopic (exact) mass is 391 g/mol. The molecule has 3 nitrogen and oxygen atoms in total. The van der Waals surface area contributed by atoms with Gasteiger partial charge in [0.1, 0.15) is 5.75 Å². The number of rotatable bonds is 4. The van der Waals surface area contributed by atoms with E-state index >= 15 is 0 Å². The average molecular weight is 391 g/mol. The third kappa shape index (κ3) is 4.02. The lowest BCUT2D eigenvalue weighted by molar-refractivity contribution is 0.0937. The van der Waals surface area contributed by atoms with Gasteiger partial charge in [-0.15, -0.1) is 0 Å². The van der Waals surface area contributed by atoms with E-state index in [1.807, 2.05) is 34.4 Å². The molecule has 0 heterocycles. The van der Waals surface area contributed by atoms with E-state index in [0.29, 0.717) is 10.8 Å². The number of hydrogen-bond donors (Lipinski definition) is 2. The first-order chi connectivity index (χ1) is 9.10. The van der Waals surface area contributed by atoms with Crippen molar-refractivity contribution in [2.75, 3.05) is 5.75 Å². The molecule has 0 aromatic heterocycles. The molecule has 0 spiro atoms. The quantitative estimate of drug-likeness (QED) is 0.774. The fourth-order valence-corrected chi connectivity index (χ4v) is 3.86. The van der Waals surface area contributed by atoms with Crippen LogP contribution in [0, 0.1) is 3.57 Å². The third-order valence-corrected chi connectivity index (χ3v) is 5.48. The highest BCUT2D eigenvalue weighted by atomic mass is 127. The van der Waals surface area contributed by atoms with Gasteiger partial charge in [-0.05, 0) is 65.8 Å². The Morgan fingerprint density at radius 1 is 1.53 bits per heavy atom. The van der Waals surface area contributed by atoms with Crippen molar-refractivity contribution in [2.45, 2.75) is 37.5 Å². The van der Waals surface area contributed by atoms with Gasteiger partial charge in [0.2, 0.25) is 0 Å². The van der Waals surface area contributed by atoms with Gasteiger partial charge < -0.3 is 10.4 Å². The number of phenolic OH excluding ortho intramolecular Hbond substituents is 1. The van der Waals surface area contributed by atoms with E-state index in [1.54, 1.807) is 12.1 Å². The maximum atomic E-state index is 12.1. The summed E-state index contributed by atoms with van der Waals surface area (Å²) in [5.74, 6) is 1.22. The zero-order chi connectivity index (χ0) is 13.8. The summed E-state index contributed by atoms with van der Waals surface area (Å²) in [6, 6.07) is 5.32. The van der Waals surface area contributed by atoms with Crippen LogP contribution >= 0.6 is 34.4 Å². The Kier molecular flexibility index (Phi) is 5.38. The molecule has 1 aliphatic rings. The van der Waals surface area contributed by atoms with Crippen LogP contribution in [0.5, 0.6) is 5.75 Å². The Morgan fingerprint density at radius 2 is 2.32 bits per heavy atom. The molecule has 0 radical (unpaired) electrons. The molecular formula is C14H18INO2S. The molecule has 2 unspecified atom stereocenters. The fraction of sp³-hybridized carbons (Fsp3) is 0.500. The summed E-state index contributed by atoms with van der Waals surface area (Å²) in [7, 11) is 0. The number of benzene rings is 1. The van der Waals surface area contributed by atoms with Crippen LogP contribution in [0.1, 0.15) is 36.5 Å². The Morgan fingerprint density at radius 3 is 3.00 bits per heavy atom. The Hall–Kier alpha value is -0.430. The summed E-state index contributed by atoms with van der Waals surface area (Å²) in [5, 5.41) is 13.4. The fourth-order valence-electron chi connectivity index (χ4n) is 2.38. The predicted molar refractivity (Wildman–Crippen MR) is 87.8 cm³/mol. The van der Waals surface area contributed by atoms with Gasteiger partial charge in [-0.2, -0.15) is 11.8 Å². The van der Waals surface area contributed by atoms with Crippen molar-refractivity contribution in [2.24, 2.45) is 0 Å². The summed E-state index contributed by atoms with van der Waals surface area (Å²) in [4.78, 5) is 12.1. The highest BCUT2D eigenvalue weighted by Gasteiger charge is 2.26. The molecule has 2 atom stereocenters. The third-order valence-electron chi connectivity index (χ3n) is 3.33. The molecule has 19 heavy (non-hydrogen) atoms. The van der Waals surface area contributed by atoms with Gasteiger partial charge in [0.05, 0.1) is 3.57 Å². The van der Waals surface area contributed by atoms with Gasteiger partial charge in [-0.25, -0.2) is 0 Å². The van der Waals surface area contributed by atoms with Crippen LogP contribution < -0.4 is 5.32 Å². The summed E-state index contributed by atoms with van der Waals surface area (Å²) < 4.78 is 0.759. The number of carbonyl (C=O) groups is 1. The van der Waals surface area contributed by atoms with Gasteiger partial charge in [0.15, 0.2) is 0 Å². The molecule has 1 aromatic carbocycles. The van der Waals surface area contributed by atoms with Crippen LogP contribution in [-0.2, 0) is 0 Å². The van der Waals surface area contributed by atoms with Crippen molar-refractivity contribution in [3.63, 3.8) is 0 Å². The zero-order valence-corrected chi connectivity index (χ0v) is 13.8. The molecule has 1 aromatic rings. The number of phenols is 1. The molecule has 104 valence electrons. The lowest BCUT2D eigenvalue weighted by Gasteiger charge is -2.13. The number of amides is 1. The largest absolute Gasteiger partial charge is 0.507 e. The summed E-state index contributed by atoms with van der Waals surface area (Å²) in [6.07, 6.45) is 3.29. The minimum atomic E-state index is -0.0844. The van der Waals surface area contributed by atoms with Gasteiger partial charge in [-0.3, -0.25) is 4.79 Å². The molecule has 2 N–H and O–H groups in total. The van der Waals surface area contributed by atoms with Crippen LogP contribution in [0.4, 0.5) is 0 Å². The number of aromatic hydroxyl groups is 1.